The van der Waals surface area contributed by atoms with Crippen molar-refractivity contribution in [1.82, 2.24) is 14.6 Å². The van der Waals surface area contributed by atoms with Crippen molar-refractivity contribution < 1.29 is 23.1 Å². The van der Waals surface area contributed by atoms with Crippen molar-refractivity contribution in [2.45, 2.75) is 45.7 Å². The average Bonchev–Trinajstić information content (AvgIpc) is 3.10. The van der Waals surface area contributed by atoms with E-state index in [0.29, 0.717) is 16.7 Å². The van der Waals surface area contributed by atoms with Crippen LogP contribution in [0.25, 0.3) is 5.65 Å². The summed E-state index contributed by atoms with van der Waals surface area (Å²) < 4.78 is 40.5. The van der Waals surface area contributed by atoms with Crippen LogP contribution in [0, 0.1) is 19.3 Å². The van der Waals surface area contributed by atoms with E-state index in [1.54, 1.807) is 20.8 Å². The Bertz CT molecular complexity index is 1120. The van der Waals surface area contributed by atoms with Crippen LogP contribution in [-0.2, 0) is 16.9 Å². The van der Waals surface area contributed by atoms with Crippen LogP contribution >= 0.6 is 11.6 Å². The Labute approximate surface area is 176 Å². The predicted molar refractivity (Wildman–Crippen MR) is 107 cm³/mol. The maximum atomic E-state index is 13.2. The third-order valence-corrected chi connectivity index (χ3v) is 5.84. The second-order valence-corrected chi connectivity index (χ2v) is 8.16. The van der Waals surface area contributed by atoms with Gasteiger partial charge in [0, 0.05) is 18.0 Å². The molecular weight excluding hydrogens is 419 g/mol. The summed E-state index contributed by atoms with van der Waals surface area (Å²) in [5, 5.41) is 16.9. The Morgan fingerprint density at radius 1 is 1.20 bits per heavy atom. The van der Waals surface area contributed by atoms with Crippen LogP contribution in [0.2, 0.25) is 0 Å². The SMILES string of the molecule is Cc1ccc([C@@H](c2ccn3c(C(F)(F)F)nnc3c2C)C(C)(C)C(=O)O)cc1CCl. The lowest BCUT2D eigenvalue weighted by molar-refractivity contribution is -0.147. The van der Waals surface area contributed by atoms with Crippen LogP contribution < -0.4 is 0 Å². The number of halogens is 4. The average molecular weight is 440 g/mol. The number of hydrogen-bond acceptors (Lipinski definition) is 3. The maximum absolute atomic E-state index is 13.2. The summed E-state index contributed by atoms with van der Waals surface area (Å²) in [6, 6.07) is 7.06. The molecule has 0 amide bonds. The van der Waals surface area contributed by atoms with E-state index < -0.39 is 29.3 Å². The lowest BCUT2D eigenvalue weighted by atomic mass is 9.70. The molecule has 0 saturated heterocycles. The molecule has 2 heterocycles. The minimum atomic E-state index is -4.65. The molecule has 0 bridgehead atoms. The summed E-state index contributed by atoms with van der Waals surface area (Å²) in [5.74, 6) is -2.54. The number of benzene rings is 1. The van der Waals surface area contributed by atoms with Gasteiger partial charge in [-0.1, -0.05) is 18.2 Å². The zero-order chi connectivity index (χ0) is 22.4. The molecule has 0 aliphatic rings. The quantitative estimate of drug-likeness (QED) is 0.544. The second kappa shape index (κ2) is 7.58. The first-order valence-corrected chi connectivity index (χ1v) is 9.73. The highest BCUT2D eigenvalue weighted by Crippen LogP contribution is 2.44. The standard InChI is InChI=1S/C21H21ClF3N3O2/c1-11-5-6-13(9-14(11)10-22)16(20(3,4)19(29)30)15-7-8-28-17(12(15)2)26-27-18(28)21(23,24)25/h5-9,16H,10H2,1-4H3,(H,29,30)/t16-/m0/s1. The number of aliphatic carboxylic acids is 1. The molecule has 0 saturated carbocycles. The van der Waals surface area contributed by atoms with Crippen LogP contribution in [-0.4, -0.2) is 25.7 Å². The minimum absolute atomic E-state index is 0.0377. The molecule has 9 heteroatoms. The fourth-order valence-corrected chi connectivity index (χ4v) is 4.01. The van der Waals surface area contributed by atoms with Crippen LogP contribution in [0.1, 0.15) is 53.4 Å². The zero-order valence-corrected chi connectivity index (χ0v) is 17.6. The van der Waals surface area contributed by atoms with Gasteiger partial charge in [-0.2, -0.15) is 13.2 Å². The van der Waals surface area contributed by atoms with Crippen molar-refractivity contribution >= 4 is 23.2 Å². The summed E-state index contributed by atoms with van der Waals surface area (Å²) in [7, 11) is 0. The smallest absolute Gasteiger partial charge is 0.452 e. The normalized spacial score (nSPS) is 13.6. The number of alkyl halides is 4. The molecule has 0 aliphatic heterocycles. The van der Waals surface area contributed by atoms with Crippen molar-refractivity contribution in [3.05, 3.63) is 64.1 Å². The first-order chi connectivity index (χ1) is 13.9. The van der Waals surface area contributed by atoms with Gasteiger partial charge in [0.1, 0.15) is 0 Å². The Morgan fingerprint density at radius 2 is 1.87 bits per heavy atom. The van der Waals surface area contributed by atoms with Crippen LogP contribution in [0.15, 0.2) is 30.5 Å². The molecular formula is C21H21ClF3N3O2. The minimum Gasteiger partial charge on any atom is -0.481 e. The maximum Gasteiger partial charge on any atom is 0.452 e. The molecule has 5 nitrogen and oxygen atoms in total. The van der Waals surface area contributed by atoms with Crippen LogP contribution in [0.5, 0.6) is 0 Å². The number of fused-ring (bicyclic) bond motifs is 1. The Hall–Kier alpha value is -2.61. The number of nitrogens with zero attached hydrogens (tertiary/aromatic N) is 3. The molecule has 1 atom stereocenters. The molecule has 3 rings (SSSR count). The lowest BCUT2D eigenvalue weighted by Gasteiger charge is -2.33. The number of rotatable bonds is 5. The van der Waals surface area contributed by atoms with Crippen molar-refractivity contribution in [2.75, 3.05) is 0 Å². The Morgan fingerprint density at radius 3 is 2.43 bits per heavy atom. The summed E-state index contributed by atoms with van der Waals surface area (Å²) in [6.07, 6.45) is -3.42. The Kier molecular flexibility index (Phi) is 5.58. The van der Waals surface area contributed by atoms with Crippen LogP contribution in [0.4, 0.5) is 13.2 Å². The number of hydrogen-bond donors (Lipinski definition) is 1. The van der Waals surface area contributed by atoms with E-state index in [9.17, 15) is 23.1 Å². The van der Waals surface area contributed by atoms with Gasteiger partial charge < -0.3 is 5.11 Å². The third kappa shape index (κ3) is 3.64. The Balaban J connectivity index is 2.28. The van der Waals surface area contributed by atoms with E-state index >= 15 is 0 Å². The van der Waals surface area contributed by atoms with E-state index in [-0.39, 0.29) is 11.5 Å². The molecule has 160 valence electrons. The number of carboxylic acids is 1. The molecule has 0 radical (unpaired) electrons. The fraction of sp³-hybridized carbons (Fsp3) is 0.381. The first-order valence-electron chi connectivity index (χ1n) is 9.19. The van der Waals surface area contributed by atoms with Crippen molar-refractivity contribution in [1.29, 1.82) is 0 Å². The zero-order valence-electron chi connectivity index (χ0n) is 16.9. The molecule has 0 aliphatic carbocycles. The highest BCUT2D eigenvalue weighted by atomic mass is 35.5. The number of carboxylic acid groups (broad SMARTS) is 1. The molecule has 30 heavy (non-hydrogen) atoms. The monoisotopic (exact) mass is 439 g/mol. The van der Waals surface area contributed by atoms with E-state index in [0.717, 1.165) is 15.5 Å². The van der Waals surface area contributed by atoms with E-state index in [1.165, 1.54) is 12.3 Å². The predicted octanol–water partition coefficient (Wildman–Crippen LogP) is 5.35. The van der Waals surface area contributed by atoms with Gasteiger partial charge in [-0.05, 0) is 61.6 Å². The molecule has 3 aromatic rings. The number of aryl methyl sites for hydroxylation is 2. The summed E-state index contributed by atoms with van der Waals surface area (Å²) in [5.41, 5.74) is 2.34. The fourth-order valence-electron chi connectivity index (χ4n) is 3.73. The topological polar surface area (TPSA) is 67.5 Å². The van der Waals surface area contributed by atoms with Gasteiger partial charge in [0.05, 0.1) is 5.41 Å². The second-order valence-electron chi connectivity index (χ2n) is 7.89. The van der Waals surface area contributed by atoms with Gasteiger partial charge >= 0.3 is 12.1 Å². The van der Waals surface area contributed by atoms with Crippen LogP contribution in [0.3, 0.4) is 0 Å². The van der Waals surface area contributed by atoms with Gasteiger partial charge in [-0.3, -0.25) is 9.20 Å². The van der Waals surface area contributed by atoms with Crippen molar-refractivity contribution in [3.63, 3.8) is 0 Å². The van der Waals surface area contributed by atoms with E-state index in [2.05, 4.69) is 10.2 Å². The van der Waals surface area contributed by atoms with Gasteiger partial charge in [0.15, 0.2) is 5.65 Å². The van der Waals surface area contributed by atoms with Gasteiger partial charge in [-0.25, -0.2) is 0 Å². The van der Waals surface area contributed by atoms with Gasteiger partial charge in [0.25, 0.3) is 0 Å². The van der Waals surface area contributed by atoms with Gasteiger partial charge in [-0.15, -0.1) is 21.8 Å². The summed E-state index contributed by atoms with van der Waals surface area (Å²) in [6.45, 7) is 6.72. The summed E-state index contributed by atoms with van der Waals surface area (Å²) in [4.78, 5) is 12.1. The lowest BCUT2D eigenvalue weighted by Crippen LogP contribution is -2.32. The summed E-state index contributed by atoms with van der Waals surface area (Å²) >= 11 is 6.04. The largest absolute Gasteiger partial charge is 0.481 e. The molecule has 0 unspecified atom stereocenters. The molecule has 2 aromatic heterocycles. The van der Waals surface area contributed by atoms with Crippen molar-refractivity contribution in [2.24, 2.45) is 5.41 Å². The third-order valence-electron chi connectivity index (χ3n) is 5.56. The molecule has 0 spiro atoms. The number of carbonyl (C=O) groups is 1. The first kappa shape index (κ1) is 22.1. The highest BCUT2D eigenvalue weighted by Gasteiger charge is 2.41. The molecule has 1 N–H and O–H groups in total. The van der Waals surface area contributed by atoms with Gasteiger partial charge in [0.2, 0.25) is 5.82 Å². The van der Waals surface area contributed by atoms with E-state index in [4.69, 9.17) is 11.6 Å². The number of pyridine rings is 1. The highest BCUT2D eigenvalue weighted by molar-refractivity contribution is 6.17. The molecule has 1 aromatic carbocycles. The van der Waals surface area contributed by atoms with E-state index in [1.807, 2.05) is 25.1 Å². The number of aromatic nitrogens is 3. The molecule has 0 fully saturated rings. The van der Waals surface area contributed by atoms with Crippen molar-refractivity contribution in [3.8, 4) is 0 Å².